The van der Waals surface area contributed by atoms with E-state index in [-0.39, 0.29) is 17.8 Å². The van der Waals surface area contributed by atoms with Crippen molar-refractivity contribution in [3.05, 3.63) is 71.3 Å². The highest BCUT2D eigenvalue weighted by Gasteiger charge is 2.22. The highest BCUT2D eigenvalue weighted by atomic mass is 16.5. The van der Waals surface area contributed by atoms with Gasteiger partial charge in [-0.15, -0.1) is 0 Å². The fourth-order valence-corrected chi connectivity index (χ4v) is 5.09. The monoisotopic (exact) mass is 464 g/mol. The highest BCUT2D eigenvalue weighted by molar-refractivity contribution is 5.96. The van der Waals surface area contributed by atoms with E-state index in [9.17, 15) is 9.59 Å². The molecule has 0 saturated heterocycles. The zero-order valence-corrected chi connectivity index (χ0v) is 20.7. The van der Waals surface area contributed by atoms with Gasteiger partial charge in [0.15, 0.2) is 5.78 Å². The summed E-state index contributed by atoms with van der Waals surface area (Å²) in [5, 5.41) is 6.08. The first-order valence-corrected chi connectivity index (χ1v) is 12.8. The van der Waals surface area contributed by atoms with Gasteiger partial charge in [0.25, 0.3) is 0 Å². The quantitative estimate of drug-likeness (QED) is 0.311. The lowest BCUT2D eigenvalue weighted by Crippen LogP contribution is -2.25. The van der Waals surface area contributed by atoms with Crippen LogP contribution in [0.15, 0.2) is 54.6 Å². The van der Waals surface area contributed by atoms with E-state index in [0.29, 0.717) is 25.5 Å². The van der Waals surface area contributed by atoms with Crippen LogP contribution in [0.5, 0.6) is 0 Å². The van der Waals surface area contributed by atoms with Crippen LogP contribution in [0.25, 0.3) is 0 Å². The molecule has 0 aliphatic heterocycles. The predicted molar refractivity (Wildman–Crippen MR) is 137 cm³/mol. The number of benzene rings is 2. The lowest BCUT2D eigenvalue weighted by molar-refractivity contribution is -0.119. The lowest BCUT2D eigenvalue weighted by Gasteiger charge is -2.26. The number of Topliss-reactive ketones (excluding diaryl/α,β-unsaturated/α-hetero) is 1. The average Bonchev–Trinajstić information content (AvgIpc) is 2.85. The summed E-state index contributed by atoms with van der Waals surface area (Å²) < 4.78 is 6.18. The van der Waals surface area contributed by atoms with Crippen molar-refractivity contribution in [2.24, 2.45) is 11.8 Å². The van der Waals surface area contributed by atoms with Gasteiger partial charge in [-0.2, -0.15) is 0 Å². The number of hydrogen-bond acceptors (Lipinski definition) is 4. The van der Waals surface area contributed by atoms with Crippen LogP contribution in [-0.2, 0) is 9.53 Å². The van der Waals surface area contributed by atoms with Crippen LogP contribution in [0.2, 0.25) is 0 Å². The molecule has 1 unspecified atom stereocenters. The van der Waals surface area contributed by atoms with Crippen molar-refractivity contribution in [1.29, 1.82) is 0 Å². The number of hydrogen-bond donors (Lipinski definition) is 2. The SMILES string of the molecule is CNC[C@@H](CC(=O)c1cccc(C(OCCNC(C)=O)c2ccccc2)c1)CC1CCCCC1. The largest absolute Gasteiger partial charge is 0.367 e. The summed E-state index contributed by atoms with van der Waals surface area (Å²) in [6.45, 7) is 3.22. The van der Waals surface area contributed by atoms with Crippen molar-refractivity contribution < 1.29 is 14.3 Å². The molecule has 34 heavy (non-hydrogen) atoms. The minimum atomic E-state index is -0.293. The second-order valence-corrected chi connectivity index (χ2v) is 9.56. The molecule has 1 aliphatic carbocycles. The molecule has 2 atom stereocenters. The molecule has 0 radical (unpaired) electrons. The second kappa shape index (κ2) is 14.0. The molecular formula is C29H40N2O3. The smallest absolute Gasteiger partial charge is 0.216 e. The molecule has 2 aromatic carbocycles. The summed E-state index contributed by atoms with van der Waals surface area (Å²) in [6, 6.07) is 17.9. The third-order valence-corrected chi connectivity index (χ3v) is 6.73. The van der Waals surface area contributed by atoms with Gasteiger partial charge in [-0.25, -0.2) is 0 Å². The van der Waals surface area contributed by atoms with Crippen LogP contribution in [0.3, 0.4) is 0 Å². The Bertz CT molecular complexity index is 893. The lowest BCUT2D eigenvalue weighted by atomic mass is 9.81. The summed E-state index contributed by atoms with van der Waals surface area (Å²) in [5.41, 5.74) is 2.73. The van der Waals surface area contributed by atoms with Crippen molar-refractivity contribution in [2.45, 2.75) is 58.0 Å². The van der Waals surface area contributed by atoms with Crippen molar-refractivity contribution in [2.75, 3.05) is 26.7 Å². The van der Waals surface area contributed by atoms with Gasteiger partial charge in [0, 0.05) is 25.5 Å². The van der Waals surface area contributed by atoms with E-state index < -0.39 is 0 Å². The standard InChI is InChI=1S/C29H40N2O3/c1-22(32)31-16-17-34-29(25-12-7-4-8-13-25)27-15-9-14-26(20-27)28(33)19-24(21-30-2)18-23-10-5-3-6-11-23/h4,7-9,12-15,20,23-24,29-30H,3,5-6,10-11,16-19,21H2,1-2H3,(H,31,32)/t24-,29?/m1/s1. The van der Waals surface area contributed by atoms with Crippen LogP contribution in [0.4, 0.5) is 0 Å². The Morgan fingerprint density at radius 2 is 1.74 bits per heavy atom. The van der Waals surface area contributed by atoms with Gasteiger partial charge in [-0.05, 0) is 49.0 Å². The van der Waals surface area contributed by atoms with Gasteiger partial charge in [0.1, 0.15) is 6.10 Å². The number of rotatable bonds is 13. The zero-order chi connectivity index (χ0) is 24.2. The summed E-state index contributed by atoms with van der Waals surface area (Å²) in [6.07, 6.45) is 8.03. The molecule has 1 amide bonds. The fourth-order valence-electron chi connectivity index (χ4n) is 5.09. The number of ether oxygens (including phenoxy) is 1. The Morgan fingerprint density at radius 3 is 2.44 bits per heavy atom. The van der Waals surface area contributed by atoms with Crippen LogP contribution < -0.4 is 10.6 Å². The molecule has 184 valence electrons. The van der Waals surface area contributed by atoms with E-state index in [1.165, 1.54) is 39.0 Å². The van der Waals surface area contributed by atoms with Gasteiger partial charge < -0.3 is 15.4 Å². The zero-order valence-electron chi connectivity index (χ0n) is 20.7. The predicted octanol–water partition coefficient (Wildman–Crippen LogP) is 5.31. The Hall–Kier alpha value is -2.50. The summed E-state index contributed by atoms with van der Waals surface area (Å²) in [7, 11) is 1.97. The van der Waals surface area contributed by atoms with E-state index in [2.05, 4.69) is 10.6 Å². The van der Waals surface area contributed by atoms with Gasteiger partial charge in [-0.1, -0.05) is 80.6 Å². The molecule has 5 nitrogen and oxygen atoms in total. The van der Waals surface area contributed by atoms with E-state index in [1.54, 1.807) is 0 Å². The Morgan fingerprint density at radius 1 is 1.00 bits per heavy atom. The van der Waals surface area contributed by atoms with E-state index >= 15 is 0 Å². The number of carbonyl (C=O) groups excluding carboxylic acids is 2. The first-order valence-electron chi connectivity index (χ1n) is 12.8. The minimum Gasteiger partial charge on any atom is -0.367 e. The van der Waals surface area contributed by atoms with E-state index in [0.717, 1.165) is 35.6 Å². The molecule has 2 N–H and O–H groups in total. The number of nitrogens with one attached hydrogen (secondary N) is 2. The average molecular weight is 465 g/mol. The van der Waals surface area contributed by atoms with Crippen molar-refractivity contribution in [3.63, 3.8) is 0 Å². The molecule has 3 rings (SSSR count). The molecule has 1 fully saturated rings. The molecule has 0 aromatic heterocycles. The summed E-state index contributed by atoms with van der Waals surface area (Å²) >= 11 is 0. The molecule has 5 heteroatoms. The van der Waals surface area contributed by atoms with Crippen LogP contribution >= 0.6 is 0 Å². The maximum atomic E-state index is 13.3. The molecule has 1 aliphatic rings. The fraction of sp³-hybridized carbons (Fsp3) is 0.517. The van der Waals surface area contributed by atoms with Crippen molar-refractivity contribution in [3.8, 4) is 0 Å². The first-order chi connectivity index (χ1) is 16.6. The molecule has 2 aromatic rings. The van der Waals surface area contributed by atoms with E-state index in [1.807, 2.05) is 61.6 Å². The van der Waals surface area contributed by atoms with Gasteiger partial charge in [0.2, 0.25) is 5.91 Å². The molecule has 0 spiro atoms. The molecule has 0 heterocycles. The van der Waals surface area contributed by atoms with Crippen molar-refractivity contribution in [1.82, 2.24) is 10.6 Å². The molecular weight excluding hydrogens is 424 g/mol. The molecule has 1 saturated carbocycles. The summed E-state index contributed by atoms with van der Waals surface area (Å²) in [5.74, 6) is 1.24. The maximum absolute atomic E-state index is 13.3. The number of amides is 1. The van der Waals surface area contributed by atoms with Crippen LogP contribution in [0, 0.1) is 11.8 Å². The van der Waals surface area contributed by atoms with Gasteiger partial charge in [-0.3, -0.25) is 9.59 Å². The Labute approximate surface area is 204 Å². The number of ketones is 1. The third kappa shape index (κ3) is 8.37. The maximum Gasteiger partial charge on any atom is 0.216 e. The highest BCUT2D eigenvalue weighted by Crippen LogP contribution is 2.31. The van der Waals surface area contributed by atoms with Crippen LogP contribution in [0.1, 0.15) is 79.5 Å². The third-order valence-electron chi connectivity index (χ3n) is 6.73. The normalized spacial score (nSPS) is 16.1. The second-order valence-electron chi connectivity index (χ2n) is 9.56. The van der Waals surface area contributed by atoms with Crippen LogP contribution in [-0.4, -0.2) is 38.4 Å². The van der Waals surface area contributed by atoms with Gasteiger partial charge in [0.05, 0.1) is 6.61 Å². The Balaban J connectivity index is 1.71. The summed E-state index contributed by atoms with van der Waals surface area (Å²) in [4.78, 5) is 24.5. The van der Waals surface area contributed by atoms with Crippen molar-refractivity contribution >= 4 is 11.7 Å². The van der Waals surface area contributed by atoms with E-state index in [4.69, 9.17) is 4.74 Å². The topological polar surface area (TPSA) is 67.4 Å². The number of carbonyl (C=O) groups is 2. The van der Waals surface area contributed by atoms with Gasteiger partial charge >= 0.3 is 0 Å². The first kappa shape index (κ1) is 26.1. The molecule has 0 bridgehead atoms. The Kier molecular flexibility index (Phi) is 10.8. The minimum absolute atomic E-state index is 0.0724.